The zero-order chi connectivity index (χ0) is 20.7. The lowest BCUT2D eigenvalue weighted by Gasteiger charge is -2.35. The summed E-state index contributed by atoms with van der Waals surface area (Å²) in [7, 11) is 0. The number of carbonyl (C=O) groups excluding carboxylic acids is 1. The number of anilines is 1. The Bertz CT molecular complexity index is 729. The average Bonchev–Trinajstić information content (AvgIpc) is 2.86. The number of hydrogen-bond acceptors (Lipinski definition) is 1. The molecule has 1 amide bonds. The summed E-state index contributed by atoms with van der Waals surface area (Å²) in [5, 5.41) is 2.66. The number of nitrogens with one attached hydrogen (secondary N) is 1. The summed E-state index contributed by atoms with van der Waals surface area (Å²) in [6, 6.07) is 3.92. The Morgan fingerprint density at radius 2 is 1.96 bits per heavy atom. The maximum absolute atomic E-state index is 13.4. The van der Waals surface area contributed by atoms with Crippen molar-refractivity contribution in [2.75, 3.05) is 5.32 Å². The summed E-state index contributed by atoms with van der Waals surface area (Å²) in [4.78, 5) is 13.1. The van der Waals surface area contributed by atoms with Gasteiger partial charge in [0.2, 0.25) is 5.91 Å². The van der Waals surface area contributed by atoms with E-state index >= 15 is 0 Å². The number of halogens is 3. The summed E-state index contributed by atoms with van der Waals surface area (Å²) in [6.45, 7) is 8.47. The number of amides is 1. The number of alkyl halides is 3. The molecule has 5 unspecified atom stereocenters. The summed E-state index contributed by atoms with van der Waals surface area (Å²) >= 11 is 0. The van der Waals surface area contributed by atoms with E-state index in [1.807, 2.05) is 0 Å². The molecule has 0 bridgehead atoms. The molecular weight excluding hydrogens is 363 g/mol. The average molecular weight is 396 g/mol. The zero-order valence-electron chi connectivity index (χ0n) is 17.3. The summed E-state index contributed by atoms with van der Waals surface area (Å²) in [5.41, 5.74) is -0.303. The third-order valence-corrected chi connectivity index (χ3v) is 7.64. The van der Waals surface area contributed by atoms with Gasteiger partial charge >= 0.3 is 6.18 Å². The van der Waals surface area contributed by atoms with Gasteiger partial charge in [-0.25, -0.2) is 0 Å². The van der Waals surface area contributed by atoms with E-state index in [-0.39, 0.29) is 22.9 Å². The molecule has 28 heavy (non-hydrogen) atoms. The molecule has 0 aliphatic heterocycles. The van der Waals surface area contributed by atoms with Gasteiger partial charge in [0, 0.05) is 5.92 Å². The van der Waals surface area contributed by atoms with Crippen molar-refractivity contribution in [3.05, 3.63) is 29.3 Å². The first-order valence-corrected chi connectivity index (χ1v) is 10.5. The molecule has 2 aliphatic rings. The van der Waals surface area contributed by atoms with Crippen molar-refractivity contribution in [1.82, 2.24) is 0 Å². The number of aryl methyl sites for hydroxylation is 1. The molecule has 3 rings (SSSR count). The maximum atomic E-state index is 13.4. The van der Waals surface area contributed by atoms with Crippen LogP contribution in [0, 0.1) is 36.0 Å². The summed E-state index contributed by atoms with van der Waals surface area (Å²) < 4.78 is 40.1. The molecule has 0 aromatic heterocycles. The molecule has 1 aromatic rings. The van der Waals surface area contributed by atoms with Crippen LogP contribution in [0.25, 0.3) is 0 Å². The van der Waals surface area contributed by atoms with E-state index in [9.17, 15) is 18.0 Å². The van der Waals surface area contributed by atoms with Crippen LogP contribution in [0.15, 0.2) is 18.2 Å². The normalized spacial score (nSPS) is 33.2. The minimum atomic E-state index is -4.48. The molecule has 5 atom stereocenters. The second kappa shape index (κ2) is 7.72. The molecular formula is C23H32F3NO. The molecule has 156 valence electrons. The standard InChI is InChI=1S/C23H32F3NO/c1-5-16-13-17-7-9-19(22(17,4)11-10-15(16)3)21(28)27-20-12-14(2)6-8-18(20)23(24,25)26/h6,8,12,15-17,19H,5,7,9-11,13H2,1-4H3,(H,27,28). The van der Waals surface area contributed by atoms with Crippen LogP contribution in [0.5, 0.6) is 0 Å². The Morgan fingerprint density at radius 1 is 1.25 bits per heavy atom. The monoisotopic (exact) mass is 395 g/mol. The number of fused-ring (bicyclic) bond motifs is 1. The van der Waals surface area contributed by atoms with Crippen molar-refractivity contribution in [2.24, 2.45) is 29.1 Å². The van der Waals surface area contributed by atoms with Crippen LogP contribution in [-0.2, 0) is 11.0 Å². The van der Waals surface area contributed by atoms with Gasteiger partial charge in [0.05, 0.1) is 11.3 Å². The Balaban J connectivity index is 1.84. The number of benzene rings is 1. The lowest BCUT2D eigenvalue weighted by Crippen LogP contribution is -2.36. The maximum Gasteiger partial charge on any atom is 0.418 e. The number of carbonyl (C=O) groups is 1. The minimum absolute atomic E-state index is 0.113. The van der Waals surface area contributed by atoms with Crippen molar-refractivity contribution in [2.45, 2.75) is 72.4 Å². The lowest BCUT2D eigenvalue weighted by atomic mass is 9.70. The molecule has 0 heterocycles. The third kappa shape index (κ3) is 3.95. The fourth-order valence-corrected chi connectivity index (χ4v) is 5.68. The Hall–Kier alpha value is -1.52. The highest BCUT2D eigenvalue weighted by molar-refractivity contribution is 5.94. The highest BCUT2D eigenvalue weighted by Crippen LogP contribution is 2.56. The van der Waals surface area contributed by atoms with E-state index in [4.69, 9.17) is 0 Å². The number of rotatable bonds is 3. The number of hydrogen-bond donors (Lipinski definition) is 1. The predicted molar refractivity (Wildman–Crippen MR) is 106 cm³/mol. The fraction of sp³-hybridized carbons (Fsp3) is 0.696. The van der Waals surface area contributed by atoms with Gasteiger partial charge in [-0.3, -0.25) is 4.79 Å². The van der Waals surface area contributed by atoms with Gasteiger partial charge in [0.25, 0.3) is 0 Å². The molecule has 0 radical (unpaired) electrons. The van der Waals surface area contributed by atoms with E-state index in [1.165, 1.54) is 12.1 Å². The first-order valence-electron chi connectivity index (χ1n) is 10.5. The van der Waals surface area contributed by atoms with Crippen LogP contribution in [-0.4, -0.2) is 5.91 Å². The highest BCUT2D eigenvalue weighted by atomic mass is 19.4. The first-order chi connectivity index (χ1) is 13.1. The lowest BCUT2D eigenvalue weighted by molar-refractivity contribution is -0.137. The zero-order valence-corrected chi connectivity index (χ0v) is 17.3. The molecule has 2 aliphatic carbocycles. The third-order valence-electron chi connectivity index (χ3n) is 7.64. The highest BCUT2D eigenvalue weighted by Gasteiger charge is 2.51. The van der Waals surface area contributed by atoms with Gasteiger partial charge in [-0.05, 0) is 79.9 Å². The van der Waals surface area contributed by atoms with Gasteiger partial charge < -0.3 is 5.32 Å². The van der Waals surface area contributed by atoms with Crippen LogP contribution < -0.4 is 5.32 Å². The van der Waals surface area contributed by atoms with Crippen molar-refractivity contribution in [3.8, 4) is 0 Å². The quantitative estimate of drug-likeness (QED) is 0.597. The molecule has 2 saturated carbocycles. The molecule has 0 saturated heterocycles. The SMILES string of the molecule is CCC1CC2CCC(C(=O)Nc3cc(C)ccc3C(F)(F)F)C2(C)CCC1C. The van der Waals surface area contributed by atoms with Gasteiger partial charge in [0.15, 0.2) is 0 Å². The predicted octanol–water partition coefficient (Wildman–Crippen LogP) is 6.83. The van der Waals surface area contributed by atoms with Crippen molar-refractivity contribution in [1.29, 1.82) is 0 Å². The second-order valence-corrected chi connectivity index (χ2v) is 9.29. The first kappa shape index (κ1) is 21.2. The molecule has 5 heteroatoms. The fourth-order valence-electron chi connectivity index (χ4n) is 5.68. The van der Waals surface area contributed by atoms with Crippen LogP contribution in [0.2, 0.25) is 0 Å². The topological polar surface area (TPSA) is 29.1 Å². The largest absolute Gasteiger partial charge is 0.418 e. The van der Waals surface area contributed by atoms with E-state index in [1.54, 1.807) is 6.92 Å². The van der Waals surface area contributed by atoms with E-state index < -0.39 is 11.7 Å². The van der Waals surface area contributed by atoms with Crippen LogP contribution in [0.4, 0.5) is 18.9 Å². The Kier molecular flexibility index (Phi) is 5.84. The van der Waals surface area contributed by atoms with E-state index in [0.717, 1.165) is 44.6 Å². The Morgan fingerprint density at radius 3 is 2.61 bits per heavy atom. The van der Waals surface area contributed by atoms with Crippen molar-refractivity contribution < 1.29 is 18.0 Å². The van der Waals surface area contributed by atoms with E-state index in [0.29, 0.717) is 23.3 Å². The molecule has 2 nitrogen and oxygen atoms in total. The smallest absolute Gasteiger partial charge is 0.325 e. The molecule has 0 spiro atoms. The van der Waals surface area contributed by atoms with E-state index in [2.05, 4.69) is 26.1 Å². The van der Waals surface area contributed by atoms with Crippen LogP contribution >= 0.6 is 0 Å². The summed E-state index contributed by atoms with van der Waals surface area (Å²) in [5.74, 6) is 1.34. The van der Waals surface area contributed by atoms with Crippen LogP contribution in [0.3, 0.4) is 0 Å². The van der Waals surface area contributed by atoms with Gasteiger partial charge in [-0.15, -0.1) is 0 Å². The molecule has 2 fully saturated rings. The Labute approximate surface area is 166 Å². The van der Waals surface area contributed by atoms with Crippen molar-refractivity contribution >= 4 is 11.6 Å². The second-order valence-electron chi connectivity index (χ2n) is 9.29. The molecule has 1 N–H and O–H groups in total. The van der Waals surface area contributed by atoms with Gasteiger partial charge in [-0.1, -0.05) is 33.3 Å². The minimum Gasteiger partial charge on any atom is -0.325 e. The van der Waals surface area contributed by atoms with Gasteiger partial charge in [-0.2, -0.15) is 13.2 Å². The summed E-state index contributed by atoms with van der Waals surface area (Å²) in [6.07, 6.45) is 1.65. The molecule has 1 aromatic carbocycles. The van der Waals surface area contributed by atoms with Gasteiger partial charge in [0.1, 0.15) is 0 Å². The van der Waals surface area contributed by atoms with Crippen molar-refractivity contribution in [3.63, 3.8) is 0 Å². The van der Waals surface area contributed by atoms with Crippen LogP contribution in [0.1, 0.15) is 70.4 Å².